The van der Waals surface area contributed by atoms with Gasteiger partial charge < -0.3 is 5.11 Å². The molecule has 0 fully saturated rings. The van der Waals surface area contributed by atoms with Crippen LogP contribution in [-0.2, 0) is 0 Å². The molecular weight excluding hydrogens is 169 g/mol. The third-order valence-corrected chi connectivity index (χ3v) is 1.67. The summed E-state index contributed by atoms with van der Waals surface area (Å²) in [5, 5.41) is 8.66. The zero-order valence-electron chi connectivity index (χ0n) is 6.98. The monoisotopic (exact) mass is 184 g/mol. The fourth-order valence-electron chi connectivity index (χ4n) is 0.928. The molecule has 12 heavy (non-hydrogen) atoms. The fourth-order valence-corrected chi connectivity index (χ4v) is 0.928. The molecule has 0 aromatic rings. The van der Waals surface area contributed by atoms with Crippen LogP contribution in [0.15, 0.2) is 0 Å². The van der Waals surface area contributed by atoms with Crippen LogP contribution in [-0.4, -0.2) is 24.3 Å². The second kappa shape index (κ2) is 7.40. The van der Waals surface area contributed by atoms with E-state index >= 15 is 0 Å². The lowest BCUT2D eigenvalue weighted by Crippen LogP contribution is -2.16. The molecule has 0 saturated heterocycles. The minimum Gasteiger partial charge on any atom is -0.387 e. The maximum atomic E-state index is 11.7. The Hall–Kier alpha value is -0.250. The number of aliphatic hydroxyl groups excluding tert-OH is 1. The lowest BCUT2D eigenvalue weighted by atomic mass is 10.1. The first kappa shape index (κ1) is 11.8. The largest absolute Gasteiger partial charge is 0.387 e. The number of rotatable bonds is 7. The molecule has 0 saturated carbocycles. The molecule has 0 amide bonds. The predicted molar refractivity (Wildman–Crippen MR) is 41.1 cm³/mol. The highest BCUT2D eigenvalue weighted by Gasteiger charge is 2.15. The lowest BCUT2D eigenvalue weighted by Gasteiger charge is -2.07. The van der Waals surface area contributed by atoms with E-state index in [-0.39, 0.29) is 13.1 Å². The molecule has 1 atom stereocenters. The molecule has 0 bridgehead atoms. The van der Waals surface area contributed by atoms with Crippen molar-refractivity contribution in [3.05, 3.63) is 0 Å². The quantitative estimate of drug-likeness (QED) is 0.603. The van der Waals surface area contributed by atoms with E-state index in [0.717, 1.165) is 0 Å². The molecule has 0 radical (unpaired) electrons. The van der Waals surface area contributed by atoms with E-state index in [1.165, 1.54) is 0 Å². The minimum absolute atomic E-state index is 0.115. The summed E-state index contributed by atoms with van der Waals surface area (Å²) in [5.74, 6) is 0. The van der Waals surface area contributed by atoms with Gasteiger partial charge in [0, 0.05) is 0 Å². The second-order valence-electron chi connectivity index (χ2n) is 2.79. The van der Waals surface area contributed by atoms with Crippen LogP contribution in [0.4, 0.5) is 13.2 Å². The van der Waals surface area contributed by atoms with E-state index in [0.29, 0.717) is 25.7 Å². The first-order valence-corrected chi connectivity index (χ1v) is 4.20. The Balaban J connectivity index is 3.08. The van der Waals surface area contributed by atoms with Crippen molar-refractivity contribution >= 4 is 0 Å². The average Bonchev–Trinajstić information content (AvgIpc) is 2.03. The van der Waals surface area contributed by atoms with E-state index in [4.69, 9.17) is 5.11 Å². The number of halogens is 3. The third kappa shape index (κ3) is 6.46. The van der Waals surface area contributed by atoms with Gasteiger partial charge in [0.1, 0.15) is 6.10 Å². The van der Waals surface area contributed by atoms with Gasteiger partial charge in [-0.3, -0.25) is 4.39 Å². The maximum absolute atomic E-state index is 11.7. The van der Waals surface area contributed by atoms with Crippen molar-refractivity contribution in [2.45, 2.75) is 44.6 Å². The van der Waals surface area contributed by atoms with E-state index in [1.807, 2.05) is 0 Å². The van der Waals surface area contributed by atoms with Crippen LogP contribution < -0.4 is 0 Å². The highest BCUT2D eigenvalue weighted by atomic mass is 19.3. The highest BCUT2D eigenvalue weighted by molar-refractivity contribution is 4.57. The zero-order valence-corrected chi connectivity index (χ0v) is 6.98. The van der Waals surface area contributed by atoms with E-state index < -0.39 is 12.5 Å². The summed E-state index contributed by atoms with van der Waals surface area (Å²) >= 11 is 0. The standard InChI is InChI=1S/C8H15F3O/c9-6-4-2-1-3-5-7(12)8(10)11/h7-8,12H,1-6H2. The molecule has 0 aromatic carbocycles. The molecule has 74 valence electrons. The second-order valence-corrected chi connectivity index (χ2v) is 2.79. The molecule has 1 unspecified atom stereocenters. The molecule has 0 aromatic heterocycles. The molecule has 0 aliphatic heterocycles. The average molecular weight is 184 g/mol. The van der Waals surface area contributed by atoms with Crippen molar-refractivity contribution < 1.29 is 18.3 Å². The summed E-state index contributed by atoms with van der Waals surface area (Å²) in [4.78, 5) is 0. The predicted octanol–water partition coefficient (Wildman–Crippen LogP) is 2.53. The number of hydrogen-bond acceptors (Lipinski definition) is 1. The molecule has 0 spiro atoms. The van der Waals surface area contributed by atoms with Crippen LogP contribution in [0.2, 0.25) is 0 Å². The summed E-state index contributed by atoms with van der Waals surface area (Å²) in [5.41, 5.74) is 0. The highest BCUT2D eigenvalue weighted by Crippen LogP contribution is 2.10. The molecule has 0 aliphatic rings. The number of aliphatic hydroxyl groups is 1. The van der Waals surface area contributed by atoms with Gasteiger partial charge in [-0.15, -0.1) is 0 Å². The van der Waals surface area contributed by atoms with Crippen LogP contribution >= 0.6 is 0 Å². The molecule has 0 heterocycles. The summed E-state index contributed by atoms with van der Waals surface area (Å²) in [6, 6.07) is 0. The first-order valence-electron chi connectivity index (χ1n) is 4.20. The van der Waals surface area contributed by atoms with Gasteiger partial charge in [0.2, 0.25) is 0 Å². The van der Waals surface area contributed by atoms with Crippen molar-refractivity contribution in [1.29, 1.82) is 0 Å². The molecule has 1 nitrogen and oxygen atoms in total. The van der Waals surface area contributed by atoms with Gasteiger partial charge in [-0.1, -0.05) is 19.3 Å². The topological polar surface area (TPSA) is 20.2 Å². The van der Waals surface area contributed by atoms with Gasteiger partial charge in [0.05, 0.1) is 6.67 Å². The van der Waals surface area contributed by atoms with Gasteiger partial charge >= 0.3 is 0 Å². The van der Waals surface area contributed by atoms with Crippen LogP contribution in [0, 0.1) is 0 Å². The van der Waals surface area contributed by atoms with Gasteiger partial charge in [-0.05, 0) is 12.8 Å². The van der Waals surface area contributed by atoms with Gasteiger partial charge in [0.25, 0.3) is 6.43 Å². The number of alkyl halides is 3. The third-order valence-electron chi connectivity index (χ3n) is 1.67. The van der Waals surface area contributed by atoms with Crippen molar-refractivity contribution in [2.24, 2.45) is 0 Å². The Kier molecular flexibility index (Phi) is 7.25. The van der Waals surface area contributed by atoms with E-state index in [2.05, 4.69) is 0 Å². The summed E-state index contributed by atoms with van der Waals surface area (Å²) in [6.45, 7) is -0.350. The Morgan fingerprint density at radius 3 is 2.08 bits per heavy atom. The van der Waals surface area contributed by atoms with Crippen molar-refractivity contribution in [1.82, 2.24) is 0 Å². The molecule has 4 heteroatoms. The summed E-state index contributed by atoms with van der Waals surface area (Å²) in [7, 11) is 0. The summed E-state index contributed by atoms with van der Waals surface area (Å²) < 4.78 is 34.9. The van der Waals surface area contributed by atoms with Crippen LogP contribution in [0.3, 0.4) is 0 Å². The molecule has 1 N–H and O–H groups in total. The Bertz CT molecular complexity index is 98.3. The van der Waals surface area contributed by atoms with E-state index in [9.17, 15) is 13.2 Å². The molecule has 0 aliphatic carbocycles. The van der Waals surface area contributed by atoms with Gasteiger partial charge in [0.15, 0.2) is 0 Å². The molecule has 0 rings (SSSR count). The number of unbranched alkanes of at least 4 members (excludes halogenated alkanes) is 3. The first-order chi connectivity index (χ1) is 5.68. The zero-order chi connectivity index (χ0) is 9.40. The Morgan fingerprint density at radius 2 is 1.58 bits per heavy atom. The van der Waals surface area contributed by atoms with Crippen molar-refractivity contribution in [3.8, 4) is 0 Å². The smallest absolute Gasteiger partial charge is 0.264 e. The number of hydrogen-bond donors (Lipinski definition) is 1. The van der Waals surface area contributed by atoms with Gasteiger partial charge in [-0.25, -0.2) is 8.78 Å². The van der Waals surface area contributed by atoms with Gasteiger partial charge in [-0.2, -0.15) is 0 Å². The fraction of sp³-hybridized carbons (Fsp3) is 1.00. The van der Waals surface area contributed by atoms with Crippen molar-refractivity contribution in [2.75, 3.05) is 6.67 Å². The maximum Gasteiger partial charge on any atom is 0.264 e. The Labute approximate surface area is 70.6 Å². The summed E-state index contributed by atoms with van der Waals surface area (Å²) in [6.07, 6.45) is -1.57. The van der Waals surface area contributed by atoms with Crippen LogP contribution in [0.5, 0.6) is 0 Å². The van der Waals surface area contributed by atoms with Crippen LogP contribution in [0.1, 0.15) is 32.1 Å². The minimum atomic E-state index is -2.65. The SMILES string of the molecule is OC(CCCCCCF)C(F)F. The lowest BCUT2D eigenvalue weighted by molar-refractivity contribution is -0.0100. The molecular formula is C8H15F3O. The van der Waals surface area contributed by atoms with Crippen molar-refractivity contribution in [3.63, 3.8) is 0 Å². The van der Waals surface area contributed by atoms with E-state index in [1.54, 1.807) is 0 Å². The van der Waals surface area contributed by atoms with Crippen LogP contribution in [0.25, 0.3) is 0 Å². The Morgan fingerprint density at radius 1 is 1.00 bits per heavy atom. The normalized spacial score (nSPS) is 13.8.